The molecule has 1 aromatic rings. The number of hydrazine groups is 1. The molecule has 0 bridgehead atoms. The summed E-state index contributed by atoms with van der Waals surface area (Å²) in [5.74, 6) is 0.933. The van der Waals surface area contributed by atoms with E-state index in [4.69, 9.17) is 4.74 Å². The van der Waals surface area contributed by atoms with E-state index in [1.807, 2.05) is 24.3 Å². The highest BCUT2D eigenvalue weighted by molar-refractivity contribution is 5.41. The fraction of sp³-hybridized carbons (Fsp3) is 0.385. The molecule has 1 unspecified atom stereocenters. The molecule has 0 amide bonds. The molecule has 1 atom stereocenters. The predicted molar refractivity (Wildman–Crippen MR) is 65.1 cm³/mol. The number of nitrogens with zero attached hydrogens (tertiary/aromatic N) is 1. The van der Waals surface area contributed by atoms with E-state index in [1.165, 1.54) is 5.56 Å². The number of hydrogen-bond donors (Lipinski definition) is 1. The first-order chi connectivity index (χ1) is 7.55. The maximum atomic E-state index is 5.27. The summed E-state index contributed by atoms with van der Waals surface area (Å²) in [7, 11) is 3.70. The normalized spacial score (nSPS) is 23.9. The van der Waals surface area contributed by atoms with E-state index in [2.05, 4.69) is 37.5 Å². The van der Waals surface area contributed by atoms with Gasteiger partial charge in [-0.3, -0.25) is 0 Å². The van der Waals surface area contributed by atoms with Crippen LogP contribution in [0.4, 0.5) is 0 Å². The molecule has 0 aromatic heterocycles. The zero-order valence-electron chi connectivity index (χ0n) is 10.2. The van der Waals surface area contributed by atoms with E-state index in [0.717, 1.165) is 11.3 Å². The van der Waals surface area contributed by atoms with Crippen LogP contribution in [0, 0.1) is 6.92 Å². The smallest absolute Gasteiger partial charge is 0.121 e. The van der Waals surface area contributed by atoms with E-state index < -0.39 is 0 Å². The summed E-state index contributed by atoms with van der Waals surface area (Å²) < 4.78 is 5.27. The second-order valence-electron chi connectivity index (χ2n) is 4.43. The van der Waals surface area contributed by atoms with Gasteiger partial charge in [-0.2, -0.15) is 0 Å². The van der Waals surface area contributed by atoms with Crippen LogP contribution in [0.3, 0.4) is 0 Å². The van der Waals surface area contributed by atoms with Crippen LogP contribution >= 0.6 is 0 Å². The van der Waals surface area contributed by atoms with Crippen molar-refractivity contribution in [3.63, 3.8) is 0 Å². The van der Waals surface area contributed by atoms with Crippen molar-refractivity contribution in [1.29, 1.82) is 0 Å². The molecule has 1 aliphatic heterocycles. The van der Waals surface area contributed by atoms with Gasteiger partial charge in [0, 0.05) is 13.2 Å². The van der Waals surface area contributed by atoms with Crippen LogP contribution in [0.5, 0.6) is 5.75 Å². The fourth-order valence-corrected chi connectivity index (χ4v) is 2.06. The molecular weight excluding hydrogens is 200 g/mol. The molecule has 1 aliphatic rings. The van der Waals surface area contributed by atoms with Crippen molar-refractivity contribution in [1.82, 2.24) is 10.4 Å². The molecule has 3 heteroatoms. The molecule has 3 nitrogen and oxygen atoms in total. The third-order valence-electron chi connectivity index (χ3n) is 3.03. The molecule has 0 radical (unpaired) electrons. The lowest BCUT2D eigenvalue weighted by molar-refractivity contribution is 0.270. The van der Waals surface area contributed by atoms with Gasteiger partial charge in [0.15, 0.2) is 0 Å². The maximum absolute atomic E-state index is 5.27. The Morgan fingerprint density at radius 3 is 2.62 bits per heavy atom. The van der Waals surface area contributed by atoms with E-state index in [1.54, 1.807) is 7.11 Å². The van der Waals surface area contributed by atoms with Crippen molar-refractivity contribution >= 4 is 0 Å². The lowest BCUT2D eigenvalue weighted by atomic mass is 9.92. The average Bonchev–Trinajstić information content (AvgIpc) is 2.60. The van der Waals surface area contributed by atoms with Crippen molar-refractivity contribution in [3.05, 3.63) is 41.6 Å². The molecule has 0 spiro atoms. The molecule has 1 aromatic carbocycles. The number of methoxy groups -OCH3 is 1. The molecular formula is C13H18N2O. The van der Waals surface area contributed by atoms with Gasteiger partial charge < -0.3 is 9.75 Å². The van der Waals surface area contributed by atoms with E-state index in [-0.39, 0.29) is 5.54 Å². The number of benzene rings is 1. The van der Waals surface area contributed by atoms with Gasteiger partial charge in [-0.05, 0) is 37.1 Å². The average molecular weight is 218 g/mol. The molecule has 1 heterocycles. The zero-order chi connectivity index (χ0) is 11.8. The first kappa shape index (κ1) is 11.0. The predicted octanol–water partition coefficient (Wildman–Crippen LogP) is 2.18. The Kier molecular flexibility index (Phi) is 2.64. The molecule has 86 valence electrons. The number of aryl methyl sites for hydroxylation is 1. The van der Waals surface area contributed by atoms with Gasteiger partial charge in [0.1, 0.15) is 5.75 Å². The fourth-order valence-electron chi connectivity index (χ4n) is 2.06. The van der Waals surface area contributed by atoms with Gasteiger partial charge in [0.05, 0.1) is 12.6 Å². The first-order valence-electron chi connectivity index (χ1n) is 5.40. The van der Waals surface area contributed by atoms with Gasteiger partial charge in [0.2, 0.25) is 0 Å². The third kappa shape index (κ3) is 1.78. The number of nitrogens with one attached hydrogen (secondary N) is 1. The van der Waals surface area contributed by atoms with Crippen LogP contribution < -0.4 is 10.2 Å². The minimum atomic E-state index is -0.119. The molecule has 0 aliphatic carbocycles. The zero-order valence-corrected chi connectivity index (χ0v) is 10.2. The molecule has 16 heavy (non-hydrogen) atoms. The Hall–Kier alpha value is -1.48. The SMILES string of the molecule is COc1ccc(C2(C)C=CN(C)N2)cc1C. The van der Waals surface area contributed by atoms with E-state index in [0.29, 0.717) is 0 Å². The highest BCUT2D eigenvalue weighted by Gasteiger charge is 2.28. The first-order valence-corrected chi connectivity index (χ1v) is 5.40. The Morgan fingerprint density at radius 2 is 2.12 bits per heavy atom. The quantitative estimate of drug-likeness (QED) is 0.823. The Bertz CT molecular complexity index is 428. The van der Waals surface area contributed by atoms with E-state index in [9.17, 15) is 0 Å². The summed E-state index contributed by atoms with van der Waals surface area (Å²) in [6, 6.07) is 6.28. The van der Waals surface area contributed by atoms with Gasteiger partial charge >= 0.3 is 0 Å². The molecule has 0 saturated heterocycles. The van der Waals surface area contributed by atoms with Crippen LogP contribution in [0.1, 0.15) is 18.1 Å². The standard InChI is InChI=1S/C13H18N2O/c1-10-9-11(5-6-12(10)16-4)13(2)7-8-15(3)14-13/h5-9,14H,1-4H3. The molecule has 0 saturated carbocycles. The number of ether oxygens (including phenoxy) is 1. The highest BCUT2D eigenvalue weighted by atomic mass is 16.5. The number of hydrogen-bond acceptors (Lipinski definition) is 3. The monoisotopic (exact) mass is 218 g/mol. The summed E-state index contributed by atoms with van der Waals surface area (Å²) >= 11 is 0. The van der Waals surface area contributed by atoms with Crippen LogP contribution in [0.25, 0.3) is 0 Å². The van der Waals surface area contributed by atoms with Crippen molar-refractivity contribution < 1.29 is 4.74 Å². The van der Waals surface area contributed by atoms with Crippen molar-refractivity contribution in [2.75, 3.05) is 14.2 Å². The second-order valence-corrected chi connectivity index (χ2v) is 4.43. The largest absolute Gasteiger partial charge is 0.496 e. The second kappa shape index (κ2) is 3.83. The van der Waals surface area contributed by atoms with Gasteiger partial charge in [-0.25, -0.2) is 5.43 Å². The summed E-state index contributed by atoms with van der Waals surface area (Å²) in [6.45, 7) is 4.22. The van der Waals surface area contributed by atoms with Gasteiger partial charge in [-0.15, -0.1) is 0 Å². The Morgan fingerprint density at radius 1 is 1.38 bits per heavy atom. The maximum Gasteiger partial charge on any atom is 0.121 e. The summed E-state index contributed by atoms with van der Waals surface area (Å²) in [5, 5.41) is 1.97. The van der Waals surface area contributed by atoms with Crippen molar-refractivity contribution in [2.24, 2.45) is 0 Å². The highest BCUT2D eigenvalue weighted by Crippen LogP contribution is 2.29. The summed E-state index contributed by atoms with van der Waals surface area (Å²) in [4.78, 5) is 0. The molecule has 2 rings (SSSR count). The summed E-state index contributed by atoms with van der Waals surface area (Å²) in [6.07, 6.45) is 4.20. The Balaban J connectivity index is 2.35. The Labute approximate surface area is 96.7 Å². The topological polar surface area (TPSA) is 24.5 Å². The van der Waals surface area contributed by atoms with E-state index >= 15 is 0 Å². The van der Waals surface area contributed by atoms with Crippen LogP contribution in [-0.4, -0.2) is 19.2 Å². The minimum absolute atomic E-state index is 0.119. The van der Waals surface area contributed by atoms with Crippen molar-refractivity contribution in [2.45, 2.75) is 19.4 Å². The van der Waals surface area contributed by atoms with Crippen molar-refractivity contribution in [3.8, 4) is 5.75 Å². The van der Waals surface area contributed by atoms with Crippen LogP contribution in [-0.2, 0) is 5.54 Å². The van der Waals surface area contributed by atoms with Crippen LogP contribution in [0.15, 0.2) is 30.5 Å². The third-order valence-corrected chi connectivity index (χ3v) is 3.03. The summed E-state index contributed by atoms with van der Waals surface area (Å²) in [5.41, 5.74) is 5.67. The lowest BCUT2D eigenvalue weighted by Gasteiger charge is -2.26. The molecule has 0 fully saturated rings. The minimum Gasteiger partial charge on any atom is -0.496 e. The molecule has 1 N–H and O–H groups in total. The van der Waals surface area contributed by atoms with Gasteiger partial charge in [-0.1, -0.05) is 12.1 Å². The lowest BCUT2D eigenvalue weighted by Crippen LogP contribution is -2.40. The number of rotatable bonds is 2. The van der Waals surface area contributed by atoms with Crippen LogP contribution in [0.2, 0.25) is 0 Å². The van der Waals surface area contributed by atoms with Gasteiger partial charge in [0.25, 0.3) is 0 Å².